The van der Waals surface area contributed by atoms with Crippen molar-refractivity contribution >= 4 is 45.7 Å². The lowest BCUT2D eigenvalue weighted by molar-refractivity contribution is -0.113. The summed E-state index contributed by atoms with van der Waals surface area (Å²) >= 11 is 2.64. The van der Waals surface area contributed by atoms with E-state index in [2.05, 4.69) is 51.9 Å². The average Bonchev–Trinajstić information content (AvgIpc) is 3.29. The Hall–Kier alpha value is -2.79. The number of carbonyl (C=O) groups excluding carboxylic acids is 2. The van der Waals surface area contributed by atoms with Gasteiger partial charge in [0.15, 0.2) is 5.13 Å². The van der Waals surface area contributed by atoms with Crippen LogP contribution in [0.5, 0.6) is 0 Å². The molecular weight excluding hydrogens is 410 g/mol. The standard InChI is InChI=1S/C18H21N7O2S2/c1-18(2,3)13-9-28-16(20-13)21-15(27)11-5-7-12(8-6-11)19-14(26)10-29-17-22-23-24-25(17)4/h5-9H,10H2,1-4H3,(H,19,26)(H,20,21,27). The molecule has 11 heteroatoms. The Balaban J connectivity index is 1.53. The van der Waals surface area contributed by atoms with Gasteiger partial charge in [-0.05, 0) is 34.7 Å². The summed E-state index contributed by atoms with van der Waals surface area (Å²) in [7, 11) is 1.71. The summed E-state index contributed by atoms with van der Waals surface area (Å²) in [6.07, 6.45) is 0. The van der Waals surface area contributed by atoms with E-state index in [4.69, 9.17) is 0 Å². The second-order valence-electron chi connectivity index (χ2n) is 7.24. The number of carbonyl (C=O) groups is 2. The zero-order valence-corrected chi connectivity index (χ0v) is 18.1. The highest BCUT2D eigenvalue weighted by Gasteiger charge is 2.18. The highest BCUT2D eigenvalue weighted by atomic mass is 32.2. The van der Waals surface area contributed by atoms with Gasteiger partial charge in [0, 0.05) is 29.1 Å². The van der Waals surface area contributed by atoms with Crippen LogP contribution < -0.4 is 10.6 Å². The molecule has 0 bridgehead atoms. The number of rotatable bonds is 6. The molecule has 0 unspecified atom stereocenters. The van der Waals surface area contributed by atoms with Crippen LogP contribution in [0.25, 0.3) is 0 Å². The van der Waals surface area contributed by atoms with Gasteiger partial charge in [0.1, 0.15) is 0 Å². The summed E-state index contributed by atoms with van der Waals surface area (Å²) in [5, 5.41) is 19.7. The van der Waals surface area contributed by atoms with Crippen molar-refractivity contribution in [2.24, 2.45) is 7.05 Å². The normalized spacial score (nSPS) is 11.3. The molecule has 0 fully saturated rings. The number of anilines is 2. The zero-order chi connectivity index (χ0) is 21.0. The van der Waals surface area contributed by atoms with Crippen LogP contribution in [0.2, 0.25) is 0 Å². The van der Waals surface area contributed by atoms with E-state index in [1.807, 2.05) is 5.38 Å². The third-order valence-corrected chi connectivity index (χ3v) is 5.61. The first kappa shape index (κ1) is 20.9. The number of tetrazole rings is 1. The second kappa shape index (κ2) is 8.70. The number of thiazole rings is 1. The van der Waals surface area contributed by atoms with Crippen LogP contribution in [0.4, 0.5) is 10.8 Å². The molecule has 0 aliphatic carbocycles. The van der Waals surface area contributed by atoms with Crippen LogP contribution in [0.1, 0.15) is 36.8 Å². The molecule has 2 aromatic heterocycles. The second-order valence-corrected chi connectivity index (χ2v) is 9.04. The first-order valence-electron chi connectivity index (χ1n) is 8.75. The number of hydrogen-bond acceptors (Lipinski definition) is 8. The summed E-state index contributed by atoms with van der Waals surface area (Å²) in [6.45, 7) is 6.22. The molecule has 9 nitrogen and oxygen atoms in total. The lowest BCUT2D eigenvalue weighted by Gasteiger charge is -2.14. The minimum Gasteiger partial charge on any atom is -0.325 e. The maximum Gasteiger partial charge on any atom is 0.257 e. The quantitative estimate of drug-likeness (QED) is 0.577. The van der Waals surface area contributed by atoms with Crippen LogP contribution >= 0.6 is 23.1 Å². The summed E-state index contributed by atoms with van der Waals surface area (Å²) in [4.78, 5) is 28.9. The molecule has 0 saturated heterocycles. The summed E-state index contributed by atoms with van der Waals surface area (Å²) in [5.74, 6) is -0.257. The predicted octanol–water partition coefficient (Wildman–Crippen LogP) is 2.95. The van der Waals surface area contributed by atoms with Crippen LogP contribution in [0, 0.1) is 0 Å². The fourth-order valence-corrected chi connectivity index (χ4v) is 3.80. The molecule has 0 aliphatic heterocycles. The van der Waals surface area contributed by atoms with Gasteiger partial charge in [-0.3, -0.25) is 14.9 Å². The van der Waals surface area contributed by atoms with Crippen molar-refractivity contribution in [2.75, 3.05) is 16.4 Å². The fraction of sp³-hybridized carbons (Fsp3) is 0.333. The van der Waals surface area contributed by atoms with Gasteiger partial charge in [-0.2, -0.15) is 0 Å². The van der Waals surface area contributed by atoms with E-state index in [1.165, 1.54) is 27.8 Å². The monoisotopic (exact) mass is 431 g/mol. The molecule has 1 aromatic carbocycles. The lowest BCUT2D eigenvalue weighted by Crippen LogP contribution is -2.16. The molecule has 152 valence electrons. The molecule has 0 saturated carbocycles. The maximum absolute atomic E-state index is 12.4. The Kier molecular flexibility index (Phi) is 6.28. The number of amides is 2. The van der Waals surface area contributed by atoms with Crippen molar-refractivity contribution in [1.82, 2.24) is 25.2 Å². The number of aryl methyl sites for hydroxylation is 1. The molecule has 29 heavy (non-hydrogen) atoms. The Labute approximate surface area is 176 Å². The molecule has 0 radical (unpaired) electrons. The Bertz CT molecular complexity index is 1010. The van der Waals surface area contributed by atoms with E-state index >= 15 is 0 Å². The van der Waals surface area contributed by atoms with Crippen molar-refractivity contribution < 1.29 is 9.59 Å². The first-order valence-corrected chi connectivity index (χ1v) is 10.6. The highest BCUT2D eigenvalue weighted by molar-refractivity contribution is 7.99. The summed E-state index contributed by atoms with van der Waals surface area (Å²) in [6, 6.07) is 6.68. The molecule has 3 aromatic rings. The van der Waals surface area contributed by atoms with E-state index in [-0.39, 0.29) is 23.0 Å². The topological polar surface area (TPSA) is 115 Å². The Morgan fingerprint density at radius 3 is 2.48 bits per heavy atom. The van der Waals surface area contributed by atoms with Gasteiger partial charge >= 0.3 is 0 Å². The van der Waals surface area contributed by atoms with E-state index in [9.17, 15) is 9.59 Å². The van der Waals surface area contributed by atoms with Gasteiger partial charge in [-0.25, -0.2) is 9.67 Å². The van der Waals surface area contributed by atoms with Gasteiger partial charge < -0.3 is 5.32 Å². The molecule has 0 spiro atoms. The lowest BCUT2D eigenvalue weighted by atomic mass is 9.93. The summed E-state index contributed by atoms with van der Waals surface area (Å²) in [5.41, 5.74) is 1.95. The van der Waals surface area contributed by atoms with Gasteiger partial charge in [0.2, 0.25) is 11.1 Å². The third kappa shape index (κ3) is 5.61. The largest absolute Gasteiger partial charge is 0.325 e. The zero-order valence-electron chi connectivity index (χ0n) is 16.5. The van der Waals surface area contributed by atoms with Crippen molar-refractivity contribution in [3.05, 3.63) is 40.9 Å². The fourth-order valence-electron chi connectivity index (χ4n) is 2.22. The summed E-state index contributed by atoms with van der Waals surface area (Å²) < 4.78 is 1.50. The average molecular weight is 432 g/mol. The minimum absolute atomic E-state index is 0.0685. The van der Waals surface area contributed by atoms with Crippen molar-refractivity contribution in [3.8, 4) is 0 Å². The van der Waals surface area contributed by atoms with Crippen molar-refractivity contribution in [2.45, 2.75) is 31.3 Å². The molecule has 2 N–H and O–H groups in total. The number of aromatic nitrogens is 5. The van der Waals surface area contributed by atoms with Crippen molar-refractivity contribution in [1.29, 1.82) is 0 Å². The number of nitrogens with zero attached hydrogens (tertiary/aromatic N) is 5. The third-order valence-electron chi connectivity index (χ3n) is 3.84. The van der Waals surface area contributed by atoms with E-state index in [1.54, 1.807) is 31.3 Å². The molecule has 0 atom stereocenters. The van der Waals surface area contributed by atoms with E-state index in [0.717, 1.165) is 5.69 Å². The molecular formula is C18H21N7O2S2. The van der Waals surface area contributed by atoms with Gasteiger partial charge in [0.25, 0.3) is 5.91 Å². The van der Waals surface area contributed by atoms with E-state index < -0.39 is 0 Å². The molecule has 3 rings (SSSR count). The van der Waals surface area contributed by atoms with Gasteiger partial charge in [-0.1, -0.05) is 32.5 Å². The number of benzene rings is 1. The number of thioether (sulfide) groups is 1. The predicted molar refractivity (Wildman–Crippen MR) is 113 cm³/mol. The first-order chi connectivity index (χ1) is 13.7. The van der Waals surface area contributed by atoms with E-state index in [0.29, 0.717) is 21.5 Å². The Morgan fingerprint density at radius 2 is 1.90 bits per heavy atom. The van der Waals surface area contributed by atoms with Gasteiger partial charge in [-0.15, -0.1) is 16.4 Å². The molecule has 2 amide bonds. The highest BCUT2D eigenvalue weighted by Crippen LogP contribution is 2.26. The molecule has 2 heterocycles. The maximum atomic E-state index is 12.4. The van der Waals surface area contributed by atoms with Crippen molar-refractivity contribution in [3.63, 3.8) is 0 Å². The number of nitrogens with one attached hydrogen (secondary N) is 2. The number of hydrogen-bond donors (Lipinski definition) is 2. The SMILES string of the molecule is Cn1nnnc1SCC(=O)Nc1ccc(C(=O)Nc2nc(C(C)(C)C)cs2)cc1. The van der Waals surface area contributed by atoms with Gasteiger partial charge in [0.05, 0.1) is 11.4 Å². The van der Waals surface area contributed by atoms with Crippen LogP contribution in [0.3, 0.4) is 0 Å². The minimum atomic E-state index is -0.247. The van der Waals surface area contributed by atoms with Crippen LogP contribution in [0.15, 0.2) is 34.8 Å². The smallest absolute Gasteiger partial charge is 0.257 e. The molecule has 0 aliphatic rings. The Morgan fingerprint density at radius 1 is 1.17 bits per heavy atom. The van der Waals surface area contributed by atoms with Crippen LogP contribution in [-0.4, -0.2) is 42.8 Å². The van der Waals surface area contributed by atoms with Crippen LogP contribution in [-0.2, 0) is 17.3 Å².